The Kier molecular flexibility index (Phi) is 3.77. The third-order valence-corrected chi connectivity index (χ3v) is 2.57. The molecular weight excluding hydrogens is 235 g/mol. The molecule has 1 rings (SSSR count). The van der Waals surface area contributed by atoms with Crippen molar-refractivity contribution in [2.45, 2.75) is 13.0 Å². The fourth-order valence-corrected chi connectivity index (χ4v) is 1.28. The minimum Gasteiger partial charge on any atom is -0.406 e. The smallest absolute Gasteiger partial charge is 0.357 e. The quantitative estimate of drug-likeness (QED) is 0.468. The number of esters is 1. The van der Waals surface area contributed by atoms with Gasteiger partial charge in [-0.05, 0) is 13.0 Å². The van der Waals surface area contributed by atoms with Crippen LogP contribution < -0.4 is 15.8 Å². The molecule has 0 fully saturated rings. The number of aromatic nitrogens is 1. The molecule has 0 saturated carbocycles. The number of carbonyl (C=O) groups is 1. The van der Waals surface area contributed by atoms with Gasteiger partial charge >= 0.3 is 13.6 Å². The normalized spacial score (nSPS) is 13.2. The monoisotopic (exact) mass is 246 g/mol. The third-order valence-electron chi connectivity index (χ3n) is 1.63. The van der Waals surface area contributed by atoms with E-state index in [2.05, 4.69) is 4.98 Å². The molecule has 0 aliphatic rings. The number of hydrogen-bond acceptors (Lipinski definition) is 5. The van der Waals surface area contributed by atoms with E-state index < -0.39 is 19.6 Å². The average molecular weight is 246 g/mol. The second-order valence-corrected chi connectivity index (χ2v) is 4.71. The maximum atomic E-state index is 11.1. The second-order valence-electron chi connectivity index (χ2n) is 3.11. The highest BCUT2D eigenvalue weighted by molar-refractivity contribution is 7.60. The molecule has 0 bridgehead atoms. The van der Waals surface area contributed by atoms with Gasteiger partial charge < -0.3 is 20.3 Å². The molecule has 1 atom stereocenters. The Labute approximate surface area is 91.4 Å². The van der Waals surface area contributed by atoms with Crippen molar-refractivity contribution < 1.29 is 23.9 Å². The molecule has 0 aliphatic heterocycles. The molecule has 0 radical (unpaired) electrons. The maximum Gasteiger partial charge on any atom is 0.357 e. The number of ether oxygens (including phenoxy) is 1. The molecule has 16 heavy (non-hydrogen) atoms. The van der Waals surface area contributed by atoms with Crippen LogP contribution in [0.4, 0.5) is 0 Å². The van der Waals surface area contributed by atoms with Gasteiger partial charge in [0.15, 0.2) is 0 Å². The summed E-state index contributed by atoms with van der Waals surface area (Å²) in [5, 5.41) is -0.243. The average Bonchev–Trinajstić information content (AvgIpc) is 2.17. The molecule has 4 N–H and O–H groups in total. The molecular formula is C8H11N2O5P. The Hall–Kier alpha value is -1.27. The summed E-state index contributed by atoms with van der Waals surface area (Å²) in [5.74, 6) is -0.726. The van der Waals surface area contributed by atoms with Crippen molar-refractivity contribution in [1.29, 1.82) is 0 Å². The zero-order chi connectivity index (χ0) is 12.3. The summed E-state index contributed by atoms with van der Waals surface area (Å²) < 4.78 is 15.5. The van der Waals surface area contributed by atoms with Gasteiger partial charge in [-0.25, -0.2) is 9.78 Å². The van der Waals surface area contributed by atoms with Crippen LogP contribution in [0.25, 0.3) is 0 Å². The largest absolute Gasteiger partial charge is 0.406 e. The summed E-state index contributed by atoms with van der Waals surface area (Å²) in [6.07, 6.45) is 0.949. The number of rotatable bonds is 3. The van der Waals surface area contributed by atoms with E-state index in [4.69, 9.17) is 20.3 Å². The zero-order valence-corrected chi connectivity index (χ0v) is 9.29. The van der Waals surface area contributed by atoms with Gasteiger partial charge in [-0.1, -0.05) is 0 Å². The number of carbonyl (C=O) groups excluding carboxylic acids is 1. The third kappa shape index (κ3) is 3.39. The minimum absolute atomic E-state index is 0.0560. The molecule has 1 heterocycles. The highest BCUT2D eigenvalue weighted by Crippen LogP contribution is 2.32. The summed E-state index contributed by atoms with van der Waals surface area (Å²) in [6, 6.07) is 1.54. The van der Waals surface area contributed by atoms with E-state index in [1.807, 2.05) is 0 Å². The molecule has 7 nitrogen and oxygen atoms in total. The molecule has 0 spiro atoms. The van der Waals surface area contributed by atoms with E-state index in [1.54, 1.807) is 0 Å². The standard InChI is InChI=1S/C8H11N2O5P/c1-5(9)8(11)15-7-3-2-6(4-10-7)16(12,13)14/h2-5H,9H2,1H3,(H2,12,13,14)/t5-/m0/s1. The van der Waals surface area contributed by atoms with Crippen LogP contribution >= 0.6 is 7.60 Å². The van der Waals surface area contributed by atoms with Gasteiger partial charge in [0.05, 0.1) is 5.30 Å². The van der Waals surface area contributed by atoms with Crippen LogP contribution in [-0.2, 0) is 9.36 Å². The molecule has 1 aromatic heterocycles. The lowest BCUT2D eigenvalue weighted by Gasteiger charge is -2.07. The molecule has 1 aromatic rings. The Morgan fingerprint density at radius 2 is 2.19 bits per heavy atom. The van der Waals surface area contributed by atoms with Crippen molar-refractivity contribution in [3.05, 3.63) is 18.3 Å². The first kappa shape index (κ1) is 12.8. The van der Waals surface area contributed by atoms with E-state index in [1.165, 1.54) is 13.0 Å². The topological polar surface area (TPSA) is 123 Å². The molecule has 0 aromatic carbocycles. The Bertz CT molecular complexity index is 425. The maximum absolute atomic E-state index is 11.1. The first-order chi connectivity index (χ1) is 7.30. The lowest BCUT2D eigenvalue weighted by Crippen LogP contribution is -2.31. The predicted octanol–water partition coefficient (Wildman–Crippen LogP) is -0.863. The van der Waals surface area contributed by atoms with Crippen molar-refractivity contribution in [1.82, 2.24) is 4.98 Å². The van der Waals surface area contributed by atoms with Crippen LogP contribution in [0.1, 0.15) is 6.92 Å². The van der Waals surface area contributed by atoms with Crippen molar-refractivity contribution in [2.75, 3.05) is 0 Å². The fourth-order valence-electron chi connectivity index (χ4n) is 0.801. The number of nitrogens with zero attached hydrogens (tertiary/aromatic N) is 1. The van der Waals surface area contributed by atoms with Crippen LogP contribution in [0.15, 0.2) is 18.3 Å². The van der Waals surface area contributed by atoms with Crippen LogP contribution in [0, 0.1) is 0 Å². The van der Waals surface area contributed by atoms with Crippen LogP contribution in [0.3, 0.4) is 0 Å². The van der Waals surface area contributed by atoms with Gasteiger partial charge in [-0.2, -0.15) is 0 Å². The summed E-state index contributed by atoms with van der Waals surface area (Å²) in [4.78, 5) is 32.2. The lowest BCUT2D eigenvalue weighted by molar-refractivity contribution is -0.135. The molecule has 0 saturated heterocycles. The Morgan fingerprint density at radius 1 is 1.56 bits per heavy atom. The van der Waals surface area contributed by atoms with Gasteiger partial charge in [-0.15, -0.1) is 0 Å². The highest BCUT2D eigenvalue weighted by atomic mass is 31.2. The molecule has 0 unspecified atom stereocenters. The van der Waals surface area contributed by atoms with E-state index in [9.17, 15) is 9.36 Å². The highest BCUT2D eigenvalue weighted by Gasteiger charge is 2.18. The van der Waals surface area contributed by atoms with Crippen molar-refractivity contribution in [3.63, 3.8) is 0 Å². The first-order valence-electron chi connectivity index (χ1n) is 4.30. The summed E-state index contributed by atoms with van der Waals surface area (Å²) in [7, 11) is -4.32. The molecule has 0 aliphatic carbocycles. The van der Waals surface area contributed by atoms with Crippen molar-refractivity contribution in [2.24, 2.45) is 5.73 Å². The number of pyridine rings is 1. The predicted molar refractivity (Wildman–Crippen MR) is 55.2 cm³/mol. The Balaban J connectivity index is 2.80. The van der Waals surface area contributed by atoms with Gasteiger partial charge in [-0.3, -0.25) is 4.57 Å². The molecule has 88 valence electrons. The van der Waals surface area contributed by atoms with Gasteiger partial charge in [0.25, 0.3) is 0 Å². The molecule has 0 amide bonds. The van der Waals surface area contributed by atoms with E-state index in [-0.39, 0.29) is 11.2 Å². The SMILES string of the molecule is C[C@H](N)C(=O)Oc1ccc(P(=O)(O)O)cn1. The lowest BCUT2D eigenvalue weighted by atomic mass is 10.4. The van der Waals surface area contributed by atoms with Crippen molar-refractivity contribution in [3.8, 4) is 5.88 Å². The van der Waals surface area contributed by atoms with Crippen LogP contribution in [0.2, 0.25) is 0 Å². The molecule has 8 heteroatoms. The fraction of sp³-hybridized carbons (Fsp3) is 0.250. The number of hydrogen-bond donors (Lipinski definition) is 3. The van der Waals surface area contributed by atoms with Crippen LogP contribution in [-0.4, -0.2) is 26.8 Å². The second kappa shape index (κ2) is 4.71. The zero-order valence-electron chi connectivity index (χ0n) is 8.40. The van der Waals surface area contributed by atoms with Crippen molar-refractivity contribution >= 4 is 18.9 Å². The van der Waals surface area contributed by atoms with E-state index in [0.29, 0.717) is 0 Å². The van der Waals surface area contributed by atoms with Gasteiger partial charge in [0.1, 0.15) is 6.04 Å². The summed E-state index contributed by atoms with van der Waals surface area (Å²) in [6.45, 7) is 1.45. The van der Waals surface area contributed by atoms with E-state index >= 15 is 0 Å². The first-order valence-corrected chi connectivity index (χ1v) is 5.91. The van der Waals surface area contributed by atoms with E-state index in [0.717, 1.165) is 12.3 Å². The van der Waals surface area contributed by atoms with Gasteiger partial charge in [0, 0.05) is 12.3 Å². The van der Waals surface area contributed by atoms with Gasteiger partial charge in [0.2, 0.25) is 5.88 Å². The summed E-state index contributed by atoms with van der Waals surface area (Å²) in [5.41, 5.74) is 5.26. The number of nitrogens with two attached hydrogens (primary N) is 1. The van der Waals surface area contributed by atoms with Crippen LogP contribution in [0.5, 0.6) is 5.88 Å². The Morgan fingerprint density at radius 3 is 2.56 bits per heavy atom. The summed E-state index contributed by atoms with van der Waals surface area (Å²) >= 11 is 0. The minimum atomic E-state index is -4.32.